The highest BCUT2D eigenvalue weighted by Gasteiger charge is 2.25. The summed E-state index contributed by atoms with van der Waals surface area (Å²) in [5, 5.41) is 3.02. The summed E-state index contributed by atoms with van der Waals surface area (Å²) < 4.78 is 5.50. The molecule has 0 aromatic carbocycles. The largest absolute Gasteiger partial charge is 0.478 e. The Hall–Kier alpha value is -2.70. The van der Waals surface area contributed by atoms with Crippen LogP contribution in [-0.4, -0.2) is 40.6 Å². The number of hydrogen-bond acceptors (Lipinski definition) is 6. The maximum absolute atomic E-state index is 12.5. The van der Waals surface area contributed by atoms with Gasteiger partial charge in [0.05, 0.1) is 12.8 Å². The molecule has 3 heterocycles. The molecule has 3 rings (SSSR count). The molecule has 132 valence electrons. The van der Waals surface area contributed by atoms with E-state index < -0.39 is 0 Å². The van der Waals surface area contributed by atoms with Crippen LogP contribution in [0.4, 0.5) is 5.82 Å². The second kappa shape index (κ2) is 8.41. The van der Waals surface area contributed by atoms with E-state index in [1.807, 2.05) is 19.1 Å². The number of hydrogen-bond donors (Lipinski definition) is 1. The molecule has 0 radical (unpaired) electrons. The highest BCUT2D eigenvalue weighted by Crippen LogP contribution is 2.21. The lowest BCUT2D eigenvalue weighted by atomic mass is 9.96. The summed E-state index contributed by atoms with van der Waals surface area (Å²) in [6.07, 6.45) is 8.44. The average Bonchev–Trinajstić information content (AvgIpc) is 2.68. The Morgan fingerprint density at radius 2 is 2.12 bits per heavy atom. The SMILES string of the molecule is CCOc1ncccc1CNC(=O)C1CCN(c2cnccn2)CC1. The average molecular weight is 341 g/mol. The normalized spacial score (nSPS) is 15.0. The molecule has 0 unspecified atom stereocenters. The van der Waals surface area contributed by atoms with Gasteiger partial charge >= 0.3 is 0 Å². The number of amides is 1. The fourth-order valence-electron chi connectivity index (χ4n) is 2.98. The lowest BCUT2D eigenvalue weighted by Gasteiger charge is -2.31. The highest BCUT2D eigenvalue weighted by atomic mass is 16.5. The van der Waals surface area contributed by atoms with Crippen molar-refractivity contribution in [2.45, 2.75) is 26.3 Å². The fourth-order valence-corrected chi connectivity index (χ4v) is 2.98. The Kier molecular flexibility index (Phi) is 5.77. The number of nitrogens with one attached hydrogen (secondary N) is 1. The van der Waals surface area contributed by atoms with Crippen LogP contribution < -0.4 is 15.0 Å². The van der Waals surface area contributed by atoms with Crippen molar-refractivity contribution in [1.82, 2.24) is 20.3 Å². The molecule has 2 aromatic heterocycles. The van der Waals surface area contributed by atoms with Crippen molar-refractivity contribution in [2.24, 2.45) is 5.92 Å². The van der Waals surface area contributed by atoms with Gasteiger partial charge in [0.25, 0.3) is 0 Å². The molecule has 0 bridgehead atoms. The van der Waals surface area contributed by atoms with Crippen LogP contribution in [0.1, 0.15) is 25.3 Å². The number of carbonyl (C=O) groups is 1. The number of ether oxygens (including phenoxy) is 1. The molecule has 2 aromatic rings. The maximum atomic E-state index is 12.5. The molecule has 0 atom stereocenters. The zero-order valence-corrected chi connectivity index (χ0v) is 14.4. The van der Waals surface area contributed by atoms with E-state index in [0.717, 1.165) is 37.3 Å². The van der Waals surface area contributed by atoms with Crippen molar-refractivity contribution in [1.29, 1.82) is 0 Å². The van der Waals surface area contributed by atoms with Crippen molar-refractivity contribution < 1.29 is 9.53 Å². The van der Waals surface area contributed by atoms with Gasteiger partial charge in [0.15, 0.2) is 0 Å². The van der Waals surface area contributed by atoms with Crippen LogP contribution in [-0.2, 0) is 11.3 Å². The van der Waals surface area contributed by atoms with Crippen LogP contribution in [0.25, 0.3) is 0 Å². The summed E-state index contributed by atoms with van der Waals surface area (Å²) in [4.78, 5) is 27.3. The van der Waals surface area contributed by atoms with E-state index in [1.54, 1.807) is 24.8 Å². The van der Waals surface area contributed by atoms with E-state index in [2.05, 4.69) is 25.2 Å². The van der Waals surface area contributed by atoms with Gasteiger partial charge in [0.2, 0.25) is 11.8 Å². The Bertz CT molecular complexity index is 687. The second-order valence-electron chi connectivity index (χ2n) is 5.94. The minimum absolute atomic E-state index is 0.0279. The van der Waals surface area contributed by atoms with Crippen LogP contribution >= 0.6 is 0 Å². The third-order valence-electron chi connectivity index (χ3n) is 4.32. The lowest BCUT2D eigenvalue weighted by molar-refractivity contribution is -0.125. The molecule has 1 fully saturated rings. The van der Waals surface area contributed by atoms with Crippen LogP contribution in [0.15, 0.2) is 36.9 Å². The van der Waals surface area contributed by atoms with Crippen LogP contribution in [0.5, 0.6) is 5.88 Å². The quantitative estimate of drug-likeness (QED) is 0.863. The number of carbonyl (C=O) groups excluding carboxylic acids is 1. The summed E-state index contributed by atoms with van der Waals surface area (Å²) in [7, 11) is 0. The maximum Gasteiger partial charge on any atom is 0.223 e. The van der Waals surface area contributed by atoms with Crippen molar-refractivity contribution in [3.05, 3.63) is 42.5 Å². The third kappa shape index (κ3) is 4.43. The summed E-state index contributed by atoms with van der Waals surface area (Å²) in [5.74, 6) is 1.58. The summed E-state index contributed by atoms with van der Waals surface area (Å²) in [6.45, 7) is 4.54. The predicted octanol–water partition coefficient (Wildman–Crippen LogP) is 1.80. The predicted molar refractivity (Wildman–Crippen MR) is 94.2 cm³/mol. The molecule has 1 aliphatic rings. The van der Waals surface area contributed by atoms with Gasteiger partial charge in [-0.1, -0.05) is 6.07 Å². The number of aromatic nitrogens is 3. The molecule has 25 heavy (non-hydrogen) atoms. The van der Waals surface area contributed by atoms with E-state index in [4.69, 9.17) is 4.74 Å². The van der Waals surface area contributed by atoms with Gasteiger partial charge < -0.3 is 15.0 Å². The van der Waals surface area contributed by atoms with E-state index in [0.29, 0.717) is 19.0 Å². The monoisotopic (exact) mass is 341 g/mol. The third-order valence-corrected chi connectivity index (χ3v) is 4.32. The van der Waals surface area contributed by atoms with Crippen molar-refractivity contribution in [2.75, 3.05) is 24.6 Å². The van der Waals surface area contributed by atoms with E-state index in [1.165, 1.54) is 0 Å². The number of nitrogens with zero attached hydrogens (tertiary/aromatic N) is 4. The van der Waals surface area contributed by atoms with Gasteiger partial charge in [-0.15, -0.1) is 0 Å². The molecular formula is C18H23N5O2. The van der Waals surface area contributed by atoms with Gasteiger partial charge in [-0.2, -0.15) is 0 Å². The van der Waals surface area contributed by atoms with E-state index >= 15 is 0 Å². The topological polar surface area (TPSA) is 80.2 Å². The standard InChI is InChI=1S/C18H23N5O2/c1-2-25-18-15(4-3-7-21-18)12-22-17(24)14-5-10-23(11-6-14)16-13-19-8-9-20-16/h3-4,7-9,13-14H,2,5-6,10-12H2,1H3,(H,22,24). The summed E-state index contributed by atoms with van der Waals surface area (Å²) >= 11 is 0. The van der Waals surface area contributed by atoms with Crippen molar-refractivity contribution in [3.63, 3.8) is 0 Å². The molecule has 7 heteroatoms. The number of anilines is 1. The molecule has 1 aliphatic heterocycles. The van der Waals surface area contributed by atoms with Crippen molar-refractivity contribution >= 4 is 11.7 Å². The molecule has 0 saturated carbocycles. The van der Waals surface area contributed by atoms with Crippen LogP contribution in [0, 0.1) is 5.92 Å². The Morgan fingerprint density at radius 1 is 1.28 bits per heavy atom. The van der Waals surface area contributed by atoms with E-state index in [-0.39, 0.29) is 11.8 Å². The van der Waals surface area contributed by atoms with Gasteiger partial charge in [-0.3, -0.25) is 9.78 Å². The Morgan fingerprint density at radius 3 is 2.84 bits per heavy atom. The summed E-state index contributed by atoms with van der Waals surface area (Å²) in [5.41, 5.74) is 0.898. The van der Waals surface area contributed by atoms with Gasteiger partial charge in [-0.25, -0.2) is 9.97 Å². The first-order valence-corrected chi connectivity index (χ1v) is 8.63. The van der Waals surface area contributed by atoms with Gasteiger partial charge in [0, 0.05) is 49.7 Å². The van der Waals surface area contributed by atoms with Crippen LogP contribution in [0.2, 0.25) is 0 Å². The van der Waals surface area contributed by atoms with Crippen LogP contribution in [0.3, 0.4) is 0 Å². The first-order valence-electron chi connectivity index (χ1n) is 8.63. The molecule has 1 saturated heterocycles. The smallest absolute Gasteiger partial charge is 0.223 e. The number of rotatable bonds is 6. The molecule has 0 spiro atoms. The zero-order chi connectivity index (χ0) is 17.5. The van der Waals surface area contributed by atoms with Gasteiger partial charge in [-0.05, 0) is 25.8 Å². The Labute approximate surface area is 147 Å². The number of piperidine rings is 1. The highest BCUT2D eigenvalue weighted by molar-refractivity contribution is 5.79. The molecule has 7 nitrogen and oxygen atoms in total. The molecular weight excluding hydrogens is 318 g/mol. The van der Waals surface area contributed by atoms with Crippen molar-refractivity contribution in [3.8, 4) is 5.88 Å². The minimum atomic E-state index is 0.0279. The fraction of sp³-hybridized carbons (Fsp3) is 0.444. The lowest BCUT2D eigenvalue weighted by Crippen LogP contribution is -2.40. The number of pyridine rings is 1. The first-order chi connectivity index (χ1) is 12.3. The molecule has 0 aliphatic carbocycles. The minimum Gasteiger partial charge on any atom is -0.478 e. The zero-order valence-electron chi connectivity index (χ0n) is 14.4. The van der Waals surface area contributed by atoms with E-state index in [9.17, 15) is 4.79 Å². The molecule has 1 amide bonds. The molecule has 1 N–H and O–H groups in total. The second-order valence-corrected chi connectivity index (χ2v) is 5.94. The first kappa shape index (κ1) is 17.1. The summed E-state index contributed by atoms with van der Waals surface area (Å²) in [6, 6.07) is 3.78. The van der Waals surface area contributed by atoms with Gasteiger partial charge in [0.1, 0.15) is 5.82 Å². The Balaban J connectivity index is 1.50.